The maximum Gasteiger partial charge on any atom is 0.206 e. The number of benzene rings is 2. The van der Waals surface area contributed by atoms with Crippen LogP contribution in [-0.2, 0) is 0 Å². The van der Waals surface area contributed by atoms with Gasteiger partial charge in [0.2, 0.25) is 5.78 Å². The number of rotatable bonds is 2. The van der Waals surface area contributed by atoms with E-state index in [4.69, 9.17) is 11.6 Å². The van der Waals surface area contributed by atoms with Crippen LogP contribution in [0.4, 0.5) is 10.1 Å². The first-order valence-electron chi connectivity index (χ1n) is 6.32. The van der Waals surface area contributed by atoms with Crippen molar-refractivity contribution >= 4 is 23.1 Å². The van der Waals surface area contributed by atoms with Gasteiger partial charge in [-0.2, -0.15) is 0 Å². The number of halogens is 2. The van der Waals surface area contributed by atoms with Crippen molar-refractivity contribution in [1.29, 1.82) is 0 Å². The summed E-state index contributed by atoms with van der Waals surface area (Å²) in [5.74, 6) is -0.714. The number of nitrogens with one attached hydrogen (secondary N) is 1. The lowest BCUT2D eigenvalue weighted by atomic mass is 9.91. The molecule has 1 aliphatic rings. The number of Topliss-reactive ketones (excluding diaryl/α,β-unsaturated/α-hetero) is 1. The molecule has 5 heteroatoms. The van der Waals surface area contributed by atoms with Crippen molar-refractivity contribution < 1.29 is 14.3 Å². The number of carbonyl (C=O) groups excluding carboxylic acids is 1. The number of allylic oxidation sites excluding steroid dienone is 1. The van der Waals surface area contributed by atoms with E-state index in [9.17, 15) is 14.3 Å². The van der Waals surface area contributed by atoms with Gasteiger partial charge in [0.15, 0.2) is 0 Å². The molecule has 1 atom stereocenters. The molecule has 0 aromatic heterocycles. The maximum absolute atomic E-state index is 12.9. The number of anilines is 1. The van der Waals surface area contributed by atoms with E-state index in [1.807, 2.05) is 0 Å². The Morgan fingerprint density at radius 3 is 2.48 bits per heavy atom. The van der Waals surface area contributed by atoms with Gasteiger partial charge in [-0.3, -0.25) is 4.79 Å². The van der Waals surface area contributed by atoms with Crippen LogP contribution in [0.2, 0.25) is 0 Å². The second-order valence-corrected chi connectivity index (χ2v) is 5.06. The normalized spacial score (nSPS) is 17.7. The highest BCUT2D eigenvalue weighted by atomic mass is 35.5. The summed E-state index contributed by atoms with van der Waals surface area (Å²) in [6.45, 7) is 0. The molecule has 0 fully saturated rings. The van der Waals surface area contributed by atoms with E-state index >= 15 is 0 Å². The van der Waals surface area contributed by atoms with Crippen LogP contribution >= 0.6 is 11.6 Å². The summed E-state index contributed by atoms with van der Waals surface area (Å²) in [5, 5.41) is 13.2. The molecule has 2 aromatic rings. The number of aliphatic hydroxyl groups excluding tert-OH is 1. The van der Waals surface area contributed by atoms with E-state index in [0.29, 0.717) is 16.8 Å². The predicted molar refractivity (Wildman–Crippen MR) is 78.6 cm³/mol. The predicted octanol–water partition coefficient (Wildman–Crippen LogP) is 3.62. The molecular weight excluding hydrogens is 293 g/mol. The fraction of sp³-hybridized carbons (Fsp3) is 0.0625. The smallest absolute Gasteiger partial charge is 0.206 e. The van der Waals surface area contributed by atoms with Gasteiger partial charge in [-0.25, -0.2) is 4.39 Å². The minimum Gasteiger partial charge on any atom is -0.382 e. The molecule has 1 aliphatic carbocycles. The Labute approximate surface area is 125 Å². The summed E-state index contributed by atoms with van der Waals surface area (Å²) >= 11 is 6.07. The molecule has 3 rings (SSSR count). The van der Waals surface area contributed by atoms with E-state index in [-0.39, 0.29) is 22.3 Å². The van der Waals surface area contributed by atoms with Crippen LogP contribution in [0.3, 0.4) is 0 Å². The van der Waals surface area contributed by atoms with Gasteiger partial charge in [0, 0.05) is 11.3 Å². The van der Waals surface area contributed by atoms with E-state index < -0.39 is 6.10 Å². The molecule has 106 valence electrons. The molecule has 0 radical (unpaired) electrons. The summed E-state index contributed by atoms with van der Waals surface area (Å²) in [7, 11) is 0. The molecule has 0 amide bonds. The van der Waals surface area contributed by atoms with Crippen LogP contribution < -0.4 is 5.32 Å². The first-order valence-corrected chi connectivity index (χ1v) is 6.69. The summed E-state index contributed by atoms with van der Waals surface area (Å²) in [4.78, 5) is 12.2. The zero-order valence-electron chi connectivity index (χ0n) is 10.8. The lowest BCUT2D eigenvalue weighted by Gasteiger charge is -2.25. The fourth-order valence-electron chi connectivity index (χ4n) is 2.27. The van der Waals surface area contributed by atoms with Crippen LogP contribution in [0.15, 0.2) is 59.3 Å². The van der Waals surface area contributed by atoms with E-state index in [1.54, 1.807) is 24.3 Å². The Morgan fingerprint density at radius 2 is 1.76 bits per heavy atom. The van der Waals surface area contributed by atoms with Gasteiger partial charge in [0.1, 0.15) is 17.0 Å². The third-order valence-electron chi connectivity index (χ3n) is 3.33. The van der Waals surface area contributed by atoms with Crippen LogP contribution in [-0.4, -0.2) is 10.9 Å². The third-order valence-corrected chi connectivity index (χ3v) is 3.71. The average Bonchev–Trinajstić information content (AvgIpc) is 2.51. The quantitative estimate of drug-likeness (QED) is 0.891. The zero-order valence-corrected chi connectivity index (χ0v) is 11.6. The number of aliphatic hydroxyl groups is 1. The van der Waals surface area contributed by atoms with Gasteiger partial charge in [-0.05, 0) is 29.8 Å². The number of hydrogen-bond acceptors (Lipinski definition) is 3. The summed E-state index contributed by atoms with van der Waals surface area (Å²) in [5.41, 5.74) is 1.62. The largest absolute Gasteiger partial charge is 0.382 e. The highest BCUT2D eigenvalue weighted by Gasteiger charge is 2.31. The Hall–Kier alpha value is -2.17. The zero-order chi connectivity index (χ0) is 15.0. The highest BCUT2D eigenvalue weighted by molar-refractivity contribution is 6.46. The molecule has 0 spiro atoms. The van der Waals surface area contributed by atoms with Crippen molar-refractivity contribution in [1.82, 2.24) is 0 Å². The number of carbonyl (C=O) groups is 1. The third kappa shape index (κ3) is 2.44. The molecular formula is C16H11ClFNO2. The molecule has 0 aliphatic heterocycles. The molecule has 2 N–H and O–H groups in total. The monoisotopic (exact) mass is 303 g/mol. The molecule has 1 unspecified atom stereocenters. The molecule has 0 saturated heterocycles. The standard InChI is InChI=1S/C16H11ClFNO2/c17-13-14(19-10-7-5-9(18)6-8-10)16(21)12-4-2-1-3-11(12)15(13)20/h1-8,16,19,21H. The van der Waals surface area contributed by atoms with Crippen LogP contribution in [0.1, 0.15) is 22.0 Å². The second-order valence-electron chi connectivity index (χ2n) is 4.68. The number of ketones is 1. The Balaban J connectivity index is 2.00. The van der Waals surface area contributed by atoms with Gasteiger partial charge in [-0.1, -0.05) is 35.9 Å². The van der Waals surface area contributed by atoms with Crippen LogP contribution in [0.5, 0.6) is 0 Å². The second kappa shape index (κ2) is 5.31. The highest BCUT2D eigenvalue weighted by Crippen LogP contribution is 2.36. The first kappa shape index (κ1) is 13.8. The number of hydrogen-bond donors (Lipinski definition) is 2. The van der Waals surface area contributed by atoms with Gasteiger partial charge in [0.05, 0.1) is 5.70 Å². The Kier molecular flexibility index (Phi) is 3.49. The minimum atomic E-state index is -1.03. The molecule has 2 aromatic carbocycles. The summed E-state index contributed by atoms with van der Waals surface area (Å²) < 4.78 is 12.9. The van der Waals surface area contributed by atoms with Crippen LogP contribution in [0, 0.1) is 5.82 Å². The Bertz CT molecular complexity index is 740. The van der Waals surface area contributed by atoms with Crippen molar-refractivity contribution in [2.45, 2.75) is 6.10 Å². The van der Waals surface area contributed by atoms with Crippen molar-refractivity contribution in [2.75, 3.05) is 5.32 Å². The van der Waals surface area contributed by atoms with Gasteiger partial charge in [0.25, 0.3) is 0 Å². The summed E-state index contributed by atoms with van der Waals surface area (Å²) in [6, 6.07) is 12.3. The SMILES string of the molecule is O=C1C(Cl)=C(Nc2ccc(F)cc2)C(O)c2ccccc21. The fourth-order valence-corrected chi connectivity index (χ4v) is 2.52. The lowest BCUT2D eigenvalue weighted by Crippen LogP contribution is -2.22. The van der Waals surface area contributed by atoms with E-state index in [2.05, 4.69) is 5.32 Å². The number of fused-ring (bicyclic) bond motifs is 1. The van der Waals surface area contributed by atoms with Crippen molar-refractivity contribution in [3.63, 3.8) is 0 Å². The molecule has 21 heavy (non-hydrogen) atoms. The van der Waals surface area contributed by atoms with Gasteiger partial charge in [-0.15, -0.1) is 0 Å². The first-order chi connectivity index (χ1) is 10.1. The maximum atomic E-state index is 12.9. The Morgan fingerprint density at radius 1 is 1.10 bits per heavy atom. The van der Waals surface area contributed by atoms with Crippen molar-refractivity contribution in [3.05, 3.63) is 76.2 Å². The lowest BCUT2D eigenvalue weighted by molar-refractivity contribution is 0.102. The molecule has 0 bridgehead atoms. The summed E-state index contributed by atoms with van der Waals surface area (Å²) in [6.07, 6.45) is -1.03. The average molecular weight is 304 g/mol. The van der Waals surface area contributed by atoms with Gasteiger partial charge < -0.3 is 10.4 Å². The van der Waals surface area contributed by atoms with Gasteiger partial charge >= 0.3 is 0 Å². The van der Waals surface area contributed by atoms with Crippen LogP contribution in [0.25, 0.3) is 0 Å². The van der Waals surface area contributed by atoms with E-state index in [0.717, 1.165) is 0 Å². The van der Waals surface area contributed by atoms with E-state index in [1.165, 1.54) is 24.3 Å². The molecule has 0 saturated carbocycles. The molecule has 0 heterocycles. The van der Waals surface area contributed by atoms with Crippen molar-refractivity contribution in [2.24, 2.45) is 0 Å². The van der Waals surface area contributed by atoms with Crippen molar-refractivity contribution in [3.8, 4) is 0 Å². The minimum absolute atomic E-state index is 0.0643. The topological polar surface area (TPSA) is 49.3 Å². The molecule has 3 nitrogen and oxygen atoms in total.